The number of rotatable bonds is 6. The van der Waals surface area contributed by atoms with Gasteiger partial charge >= 0.3 is 30.7 Å². The molecule has 0 spiro atoms. The minimum Gasteiger partial charge on any atom is -0.446 e. The Morgan fingerprint density at radius 2 is 1.44 bits per heavy atom. The van der Waals surface area contributed by atoms with Gasteiger partial charge in [-0.25, -0.2) is 9.59 Å². The van der Waals surface area contributed by atoms with E-state index in [1.165, 1.54) is 14.6 Å². The summed E-state index contributed by atoms with van der Waals surface area (Å²) in [7, 11) is 0. The number of tetrazole rings is 1. The van der Waals surface area contributed by atoms with Crippen LogP contribution in [0.4, 0.5) is 60.7 Å². The van der Waals surface area contributed by atoms with Crippen LogP contribution in [0.5, 0.6) is 0 Å². The summed E-state index contributed by atoms with van der Waals surface area (Å²) >= 11 is 0. The number of carbonyl (C=O) groups is 2. The van der Waals surface area contributed by atoms with Crippen molar-refractivity contribution in [2.75, 3.05) is 22.9 Å². The minimum atomic E-state index is -5.18. The predicted octanol–water partition coefficient (Wildman–Crippen LogP) is 9.19. The van der Waals surface area contributed by atoms with E-state index in [1.54, 1.807) is 41.5 Å². The molecule has 1 fully saturated rings. The summed E-state index contributed by atoms with van der Waals surface area (Å²) in [6.07, 6.45) is -16.8. The fraction of sp³-hybridized carbons (Fsp3) is 0.571. The Hall–Kier alpha value is -4.78. The number of hydrogen-bond donors (Lipinski definition) is 0. The van der Waals surface area contributed by atoms with Crippen LogP contribution in [-0.4, -0.2) is 68.1 Å². The second kappa shape index (κ2) is 15.0. The van der Waals surface area contributed by atoms with Crippen LogP contribution in [0.2, 0.25) is 0 Å². The molecule has 2 aliphatic heterocycles. The topological polar surface area (TPSA) is 106 Å². The molecule has 2 amide bonds. The van der Waals surface area contributed by atoms with Crippen LogP contribution < -0.4 is 9.80 Å². The Labute approximate surface area is 310 Å². The number of fused-ring (bicyclic) bond motifs is 1. The monoisotopic (exact) mass is 793 g/mol. The maximum Gasteiger partial charge on any atom is 0.416 e. The number of hydrogen-bond acceptors (Lipinski definition) is 8. The highest BCUT2D eigenvalue weighted by atomic mass is 19.4. The maximum atomic E-state index is 14.1. The molecule has 0 unspecified atom stereocenters. The average Bonchev–Trinajstić information content (AvgIpc) is 3.54. The highest BCUT2D eigenvalue weighted by Crippen LogP contribution is 2.46. The molecule has 2 aromatic carbocycles. The summed E-state index contributed by atoms with van der Waals surface area (Å²) in [5, 5.41) is 12.7. The number of benzene rings is 2. The first-order valence-electron chi connectivity index (χ1n) is 17.3. The minimum absolute atomic E-state index is 0.0191. The van der Waals surface area contributed by atoms with Crippen LogP contribution in [0.1, 0.15) is 101 Å². The quantitative estimate of drug-likeness (QED) is 0.228. The van der Waals surface area contributed by atoms with E-state index >= 15 is 0 Å². The first-order chi connectivity index (χ1) is 25.3. The average molecular weight is 794 g/mol. The van der Waals surface area contributed by atoms with Crippen LogP contribution in [0, 0.1) is 0 Å². The molecule has 5 rings (SSSR count). The van der Waals surface area contributed by atoms with Crippen molar-refractivity contribution in [2.45, 2.75) is 116 Å². The first kappa shape index (κ1) is 41.4. The van der Waals surface area contributed by atoms with Gasteiger partial charge in [0.1, 0.15) is 5.60 Å². The van der Waals surface area contributed by atoms with Crippen LogP contribution in [-0.2, 0) is 34.5 Å². The first-order valence-corrected chi connectivity index (χ1v) is 17.3. The second-order valence-corrected chi connectivity index (χ2v) is 14.8. The van der Waals surface area contributed by atoms with Crippen LogP contribution in [0.15, 0.2) is 36.4 Å². The third kappa shape index (κ3) is 9.73. The van der Waals surface area contributed by atoms with Gasteiger partial charge in [-0.05, 0) is 114 Å². The molecule has 20 heteroatoms. The van der Waals surface area contributed by atoms with Crippen molar-refractivity contribution in [3.63, 3.8) is 0 Å². The zero-order valence-corrected chi connectivity index (χ0v) is 30.7. The van der Waals surface area contributed by atoms with Gasteiger partial charge in [-0.2, -0.15) is 44.3 Å². The molecule has 1 aromatic heterocycles. The zero-order valence-electron chi connectivity index (χ0n) is 30.7. The van der Waals surface area contributed by atoms with E-state index in [9.17, 15) is 49.1 Å². The standard InChI is InChI=1S/C35H40F9N7O4/c1-19(2)54-31(53)50-20(3)13-28(26-17-22(33(36,37)38)7-8-27(26)50)49(18-21-14-23(34(39,40)41)16-24(15-21)35(42,43)44)29-45-47-51(46-29)25-9-11-48(12-10-25)30(52)55-32(4,5)6/h7-8,14-17,19-20,25,28H,9-13,18H2,1-6H3/t20-,28+/m0/s1. The molecule has 2 aliphatic rings. The Kier molecular flexibility index (Phi) is 11.3. The van der Waals surface area contributed by atoms with Gasteiger partial charge in [0.2, 0.25) is 0 Å². The van der Waals surface area contributed by atoms with Gasteiger partial charge in [0.15, 0.2) is 0 Å². The summed E-state index contributed by atoms with van der Waals surface area (Å²) in [6, 6.07) is 1.12. The molecule has 302 valence electrons. The van der Waals surface area contributed by atoms with Gasteiger partial charge in [0, 0.05) is 25.7 Å². The van der Waals surface area contributed by atoms with Crippen LogP contribution >= 0.6 is 0 Å². The van der Waals surface area contributed by atoms with E-state index in [0.29, 0.717) is 25.0 Å². The molecule has 3 aromatic rings. The molecular formula is C35H40F9N7O4. The number of amides is 2. The van der Waals surface area contributed by atoms with Gasteiger partial charge in [-0.1, -0.05) is 5.10 Å². The van der Waals surface area contributed by atoms with Crippen molar-refractivity contribution in [3.05, 3.63) is 64.2 Å². The van der Waals surface area contributed by atoms with E-state index in [0.717, 1.165) is 23.1 Å². The fourth-order valence-corrected chi connectivity index (χ4v) is 6.56. The highest BCUT2D eigenvalue weighted by molar-refractivity contribution is 5.90. The number of piperidine rings is 1. The van der Waals surface area contributed by atoms with Crippen LogP contribution in [0.3, 0.4) is 0 Å². The van der Waals surface area contributed by atoms with Crippen molar-refractivity contribution in [1.29, 1.82) is 0 Å². The smallest absolute Gasteiger partial charge is 0.416 e. The Balaban J connectivity index is 1.60. The lowest BCUT2D eigenvalue weighted by molar-refractivity contribution is -0.143. The van der Waals surface area contributed by atoms with Gasteiger partial charge in [0.25, 0.3) is 5.95 Å². The van der Waals surface area contributed by atoms with Gasteiger partial charge < -0.3 is 19.3 Å². The number of carbonyl (C=O) groups excluding carboxylic acids is 2. The summed E-state index contributed by atoms with van der Waals surface area (Å²) in [4.78, 5) is 30.9. The number of nitrogens with zero attached hydrogens (tertiary/aromatic N) is 7. The van der Waals surface area contributed by atoms with E-state index in [4.69, 9.17) is 9.47 Å². The molecule has 11 nitrogen and oxygen atoms in total. The molecular weight excluding hydrogens is 753 g/mol. The molecule has 55 heavy (non-hydrogen) atoms. The number of anilines is 2. The third-order valence-corrected chi connectivity index (χ3v) is 9.01. The van der Waals surface area contributed by atoms with Crippen molar-refractivity contribution in [2.24, 2.45) is 0 Å². The lowest BCUT2D eigenvalue weighted by Crippen LogP contribution is -2.47. The lowest BCUT2D eigenvalue weighted by Gasteiger charge is -2.43. The summed E-state index contributed by atoms with van der Waals surface area (Å²) in [5.41, 5.74) is -5.67. The van der Waals surface area contributed by atoms with Crippen LogP contribution in [0.25, 0.3) is 0 Å². The van der Waals surface area contributed by atoms with E-state index in [-0.39, 0.29) is 42.8 Å². The lowest BCUT2D eigenvalue weighted by atomic mass is 9.89. The number of halogens is 9. The van der Waals surface area contributed by atoms with E-state index in [1.807, 2.05) is 0 Å². The molecule has 2 atom stereocenters. The fourth-order valence-electron chi connectivity index (χ4n) is 6.56. The summed E-state index contributed by atoms with van der Waals surface area (Å²) in [6.45, 7) is 9.62. The molecule has 0 saturated carbocycles. The van der Waals surface area contributed by atoms with Crippen molar-refractivity contribution < 1.29 is 58.6 Å². The molecule has 0 radical (unpaired) electrons. The number of ether oxygens (including phenoxy) is 2. The second-order valence-electron chi connectivity index (χ2n) is 14.8. The number of alkyl halides is 9. The molecule has 3 heterocycles. The Bertz CT molecular complexity index is 1830. The molecule has 0 N–H and O–H groups in total. The predicted molar refractivity (Wildman–Crippen MR) is 179 cm³/mol. The normalized spacial score (nSPS) is 18.7. The third-order valence-electron chi connectivity index (χ3n) is 9.01. The van der Waals surface area contributed by atoms with Gasteiger partial charge in [-0.15, -0.1) is 5.10 Å². The molecule has 0 bridgehead atoms. The number of likely N-dealkylation sites (tertiary alicyclic amines) is 1. The molecule has 0 aliphatic carbocycles. The number of aromatic nitrogens is 4. The van der Waals surface area contributed by atoms with Crippen molar-refractivity contribution in [1.82, 2.24) is 25.1 Å². The molecule has 1 saturated heterocycles. The maximum absolute atomic E-state index is 14.1. The highest BCUT2D eigenvalue weighted by Gasteiger charge is 2.43. The van der Waals surface area contributed by atoms with Crippen molar-refractivity contribution in [3.8, 4) is 0 Å². The summed E-state index contributed by atoms with van der Waals surface area (Å²) < 4.78 is 137. The van der Waals surface area contributed by atoms with Gasteiger partial charge in [-0.3, -0.25) is 4.90 Å². The Morgan fingerprint density at radius 1 is 0.855 bits per heavy atom. The Morgan fingerprint density at radius 3 is 1.96 bits per heavy atom. The van der Waals surface area contributed by atoms with Crippen molar-refractivity contribution >= 4 is 23.8 Å². The van der Waals surface area contributed by atoms with E-state index < -0.39 is 89.3 Å². The summed E-state index contributed by atoms with van der Waals surface area (Å²) in [5.74, 6) is -0.306. The largest absolute Gasteiger partial charge is 0.446 e. The zero-order chi connectivity index (χ0) is 40.8. The SMILES string of the molecule is CC(C)OC(=O)N1c2ccc(C(F)(F)F)cc2[C@H](N(Cc2cc(C(F)(F)F)cc(C(F)(F)F)c2)c2nnn(C3CCN(C(=O)OC(C)(C)C)CC3)n2)C[C@@H]1C. The van der Waals surface area contributed by atoms with Gasteiger partial charge in [0.05, 0.1) is 40.6 Å². The van der Waals surface area contributed by atoms with E-state index in [2.05, 4.69) is 15.4 Å².